The zero-order valence-corrected chi connectivity index (χ0v) is 16.6. The van der Waals surface area contributed by atoms with Crippen molar-refractivity contribution in [2.75, 3.05) is 31.1 Å². The normalized spacial score (nSPS) is 15.3. The average molecular weight is 396 g/mol. The molecule has 26 heavy (non-hydrogen) atoms. The monoisotopic (exact) mass is 395 g/mol. The fourth-order valence-corrected chi connectivity index (χ4v) is 3.15. The Morgan fingerprint density at radius 1 is 0.923 bits per heavy atom. The van der Waals surface area contributed by atoms with Crippen molar-refractivity contribution in [3.8, 4) is 0 Å². The third-order valence-electron chi connectivity index (χ3n) is 4.63. The summed E-state index contributed by atoms with van der Waals surface area (Å²) in [6.07, 6.45) is 0.960. The summed E-state index contributed by atoms with van der Waals surface area (Å²) in [5, 5.41) is 0. The van der Waals surface area contributed by atoms with Crippen LogP contribution in [0.25, 0.3) is 0 Å². The highest BCUT2D eigenvalue weighted by Gasteiger charge is 2.24. The fourth-order valence-electron chi connectivity index (χ4n) is 3.15. The molecule has 2 N–H and O–H groups in total. The van der Waals surface area contributed by atoms with Gasteiger partial charge in [-0.1, -0.05) is 48.0 Å². The van der Waals surface area contributed by atoms with Crippen molar-refractivity contribution in [2.45, 2.75) is 19.4 Å². The number of nitrogens with two attached hydrogens (primary N) is 1. The smallest absolute Gasteiger partial charge is 0.244 e. The van der Waals surface area contributed by atoms with E-state index < -0.39 is 6.04 Å². The maximum Gasteiger partial charge on any atom is 0.244 e. The van der Waals surface area contributed by atoms with Gasteiger partial charge in [-0.25, -0.2) is 0 Å². The second-order valence-electron chi connectivity index (χ2n) is 6.39. The van der Waals surface area contributed by atoms with Crippen molar-refractivity contribution in [1.29, 1.82) is 0 Å². The molecule has 1 fully saturated rings. The lowest BCUT2D eigenvalue weighted by Crippen LogP contribution is -2.40. The molecule has 142 valence electrons. The van der Waals surface area contributed by atoms with E-state index in [9.17, 15) is 4.79 Å². The molecule has 4 nitrogen and oxygen atoms in total. The minimum Gasteiger partial charge on any atom is -0.370 e. The molecule has 0 radical (unpaired) electrons. The van der Waals surface area contributed by atoms with Crippen LogP contribution >= 0.6 is 24.8 Å². The highest BCUT2D eigenvalue weighted by Crippen LogP contribution is 2.19. The number of nitrogens with zero attached hydrogens (tertiary/aromatic N) is 2. The number of rotatable bonds is 3. The number of benzene rings is 2. The van der Waals surface area contributed by atoms with Gasteiger partial charge in [-0.3, -0.25) is 4.79 Å². The molecule has 0 aliphatic carbocycles. The van der Waals surface area contributed by atoms with Crippen LogP contribution in [0.1, 0.15) is 23.6 Å². The number of hydrogen-bond donors (Lipinski definition) is 1. The Balaban J connectivity index is 0.00000169. The molecule has 2 aromatic carbocycles. The van der Waals surface area contributed by atoms with Gasteiger partial charge < -0.3 is 15.5 Å². The van der Waals surface area contributed by atoms with E-state index in [-0.39, 0.29) is 30.7 Å². The van der Waals surface area contributed by atoms with Gasteiger partial charge in [0, 0.05) is 31.9 Å². The van der Waals surface area contributed by atoms with Crippen LogP contribution in [-0.4, -0.2) is 37.0 Å². The zero-order chi connectivity index (χ0) is 16.9. The van der Waals surface area contributed by atoms with Crippen molar-refractivity contribution in [1.82, 2.24) is 4.90 Å². The third-order valence-corrected chi connectivity index (χ3v) is 4.63. The van der Waals surface area contributed by atoms with Crippen molar-refractivity contribution in [3.63, 3.8) is 0 Å². The van der Waals surface area contributed by atoms with Crippen LogP contribution in [0.15, 0.2) is 54.6 Å². The summed E-state index contributed by atoms with van der Waals surface area (Å²) >= 11 is 0. The molecular weight excluding hydrogens is 369 g/mol. The van der Waals surface area contributed by atoms with E-state index in [1.807, 2.05) is 42.2 Å². The molecular formula is C20H27Cl2N3O. The Hall–Kier alpha value is -1.75. The number of para-hydroxylation sites is 1. The SMILES string of the molecule is Cc1ccc(C(N)C(=O)N2CCCN(c3ccccc3)CC2)cc1.Cl.Cl. The summed E-state index contributed by atoms with van der Waals surface area (Å²) in [4.78, 5) is 17.0. The largest absolute Gasteiger partial charge is 0.370 e. The van der Waals surface area contributed by atoms with Crippen LogP contribution in [0.5, 0.6) is 0 Å². The molecule has 0 aromatic heterocycles. The van der Waals surface area contributed by atoms with Gasteiger partial charge in [0.15, 0.2) is 0 Å². The van der Waals surface area contributed by atoms with E-state index in [1.54, 1.807) is 0 Å². The van der Waals surface area contributed by atoms with Gasteiger partial charge in [-0.05, 0) is 31.0 Å². The maximum atomic E-state index is 12.8. The van der Waals surface area contributed by atoms with Crippen LogP contribution in [0.2, 0.25) is 0 Å². The number of amides is 1. The van der Waals surface area contributed by atoms with Crippen molar-refractivity contribution in [3.05, 3.63) is 65.7 Å². The third kappa shape index (κ3) is 5.37. The summed E-state index contributed by atoms with van der Waals surface area (Å²) in [7, 11) is 0. The van der Waals surface area contributed by atoms with Gasteiger partial charge in [0.2, 0.25) is 5.91 Å². The van der Waals surface area contributed by atoms with E-state index in [2.05, 4.69) is 29.2 Å². The number of aryl methyl sites for hydroxylation is 1. The predicted molar refractivity (Wildman–Crippen MR) is 112 cm³/mol. The predicted octanol–water partition coefficient (Wildman–Crippen LogP) is 3.58. The topological polar surface area (TPSA) is 49.6 Å². The van der Waals surface area contributed by atoms with Crippen LogP contribution < -0.4 is 10.6 Å². The minimum absolute atomic E-state index is 0. The lowest BCUT2D eigenvalue weighted by atomic mass is 10.0. The van der Waals surface area contributed by atoms with E-state index >= 15 is 0 Å². The average Bonchev–Trinajstić information content (AvgIpc) is 2.88. The number of halogens is 2. The van der Waals surface area contributed by atoms with Gasteiger partial charge >= 0.3 is 0 Å². The Morgan fingerprint density at radius 3 is 2.23 bits per heavy atom. The van der Waals surface area contributed by atoms with Gasteiger partial charge in [0.05, 0.1) is 0 Å². The lowest BCUT2D eigenvalue weighted by Gasteiger charge is -2.25. The van der Waals surface area contributed by atoms with E-state index in [1.165, 1.54) is 11.3 Å². The highest BCUT2D eigenvalue weighted by atomic mass is 35.5. The van der Waals surface area contributed by atoms with E-state index in [0.717, 1.165) is 31.6 Å². The Bertz CT molecular complexity index is 679. The summed E-state index contributed by atoms with van der Waals surface area (Å²) in [6.45, 7) is 5.32. The Morgan fingerprint density at radius 2 is 1.58 bits per heavy atom. The first-order valence-electron chi connectivity index (χ1n) is 8.56. The van der Waals surface area contributed by atoms with Crippen molar-refractivity contribution >= 4 is 36.4 Å². The first kappa shape index (κ1) is 22.3. The van der Waals surface area contributed by atoms with Crippen molar-refractivity contribution in [2.24, 2.45) is 5.73 Å². The number of anilines is 1. The molecule has 1 atom stereocenters. The van der Waals surface area contributed by atoms with Crippen molar-refractivity contribution < 1.29 is 4.79 Å². The molecule has 0 saturated carbocycles. The second-order valence-corrected chi connectivity index (χ2v) is 6.39. The van der Waals surface area contributed by atoms with Crippen LogP contribution in [0, 0.1) is 6.92 Å². The molecule has 1 heterocycles. The summed E-state index contributed by atoms with van der Waals surface area (Å²) < 4.78 is 0. The van der Waals surface area contributed by atoms with E-state index in [4.69, 9.17) is 5.73 Å². The molecule has 1 unspecified atom stereocenters. The summed E-state index contributed by atoms with van der Waals surface area (Å²) in [5.74, 6) is 0.0220. The first-order valence-corrected chi connectivity index (χ1v) is 8.56. The van der Waals surface area contributed by atoms with Gasteiger partial charge in [-0.2, -0.15) is 0 Å². The molecule has 3 rings (SSSR count). The molecule has 1 aliphatic heterocycles. The molecule has 6 heteroatoms. The number of carbonyl (C=O) groups excluding carboxylic acids is 1. The zero-order valence-electron chi connectivity index (χ0n) is 15.0. The summed E-state index contributed by atoms with van der Waals surface area (Å²) in [5.41, 5.74) is 9.49. The van der Waals surface area contributed by atoms with Crippen LogP contribution in [-0.2, 0) is 4.79 Å². The number of hydrogen-bond acceptors (Lipinski definition) is 3. The molecule has 1 saturated heterocycles. The van der Waals surface area contributed by atoms with E-state index in [0.29, 0.717) is 6.54 Å². The fraction of sp³-hybridized carbons (Fsp3) is 0.350. The first-order chi connectivity index (χ1) is 11.6. The van der Waals surface area contributed by atoms with Crippen LogP contribution in [0.4, 0.5) is 5.69 Å². The Kier molecular flexibility index (Phi) is 8.93. The molecule has 1 aliphatic rings. The lowest BCUT2D eigenvalue weighted by molar-refractivity contribution is -0.132. The highest BCUT2D eigenvalue weighted by molar-refractivity contribution is 5.85. The minimum atomic E-state index is -0.575. The molecule has 1 amide bonds. The van der Waals surface area contributed by atoms with Gasteiger partial charge in [0.25, 0.3) is 0 Å². The molecule has 2 aromatic rings. The number of carbonyl (C=O) groups is 1. The standard InChI is InChI=1S/C20H25N3O.2ClH/c1-16-8-10-17(11-9-16)19(21)20(24)23-13-5-12-22(14-15-23)18-6-3-2-4-7-18;;/h2-4,6-11,19H,5,12-15,21H2,1H3;2*1H. The van der Waals surface area contributed by atoms with Crippen LogP contribution in [0.3, 0.4) is 0 Å². The molecule has 0 spiro atoms. The Labute approximate surface area is 168 Å². The maximum absolute atomic E-state index is 12.8. The quantitative estimate of drug-likeness (QED) is 0.863. The molecule has 0 bridgehead atoms. The summed E-state index contributed by atoms with van der Waals surface area (Å²) in [6, 6.07) is 17.7. The van der Waals surface area contributed by atoms with Gasteiger partial charge in [-0.15, -0.1) is 24.8 Å². The second kappa shape index (κ2) is 10.4. The van der Waals surface area contributed by atoms with Gasteiger partial charge in [0.1, 0.15) is 6.04 Å².